The Labute approximate surface area is 227 Å². The Morgan fingerprint density at radius 3 is 2.50 bits per heavy atom. The molecule has 2 aromatic rings. The topological polar surface area (TPSA) is 167 Å². The van der Waals surface area contributed by atoms with Gasteiger partial charge in [-0.05, 0) is 38.3 Å². The third kappa shape index (κ3) is 5.92. The first kappa shape index (κ1) is 27.8. The van der Waals surface area contributed by atoms with Crippen molar-refractivity contribution in [1.82, 2.24) is 30.1 Å². The first-order valence-electron chi connectivity index (χ1n) is 13.0. The van der Waals surface area contributed by atoms with Crippen LogP contribution in [0.1, 0.15) is 52.7 Å². The highest BCUT2D eigenvalue weighted by Gasteiger charge is 2.35. The summed E-state index contributed by atoms with van der Waals surface area (Å²) >= 11 is 5.88. The number of anilines is 3. The largest absolute Gasteiger partial charge is 0.395 e. The summed E-state index contributed by atoms with van der Waals surface area (Å²) < 4.78 is 0. The van der Waals surface area contributed by atoms with Crippen molar-refractivity contribution in [2.45, 2.75) is 45.2 Å². The molecule has 6 N–H and O–H groups in total. The fourth-order valence-corrected chi connectivity index (χ4v) is 5.50. The summed E-state index contributed by atoms with van der Waals surface area (Å²) in [6, 6.07) is 3.91. The molecule has 0 aromatic carbocycles. The van der Waals surface area contributed by atoms with Crippen molar-refractivity contribution >= 4 is 40.9 Å². The van der Waals surface area contributed by atoms with Crippen LogP contribution in [0.15, 0.2) is 12.1 Å². The number of aliphatic hydroxyl groups excluding tert-OH is 1. The monoisotopic (exact) mass is 545 g/mol. The average molecular weight is 546 g/mol. The van der Waals surface area contributed by atoms with E-state index in [4.69, 9.17) is 28.2 Å². The number of aryl methyl sites for hydroxylation is 1. The maximum Gasteiger partial charge on any atom is 0.273 e. The molecule has 0 radical (unpaired) electrons. The lowest BCUT2D eigenvalue weighted by Gasteiger charge is -2.47. The van der Waals surface area contributed by atoms with Gasteiger partial charge in [0.05, 0.1) is 17.9 Å². The number of hydrogen-bond acceptors (Lipinski definition) is 10. The molecule has 0 bridgehead atoms. The third-order valence-electron chi connectivity index (χ3n) is 7.33. The Kier molecular flexibility index (Phi) is 8.85. The molecule has 2 amide bonds. The van der Waals surface area contributed by atoms with Crippen LogP contribution in [0.4, 0.5) is 17.5 Å². The SMILES string of the molecule is CC[C@H]1CN(c2nc(N)c(C(=O)NCCO)nc2C)CCN1C1CCN(C(=O)c2ccc(Cl)nc2N)CC1. The van der Waals surface area contributed by atoms with Crippen molar-refractivity contribution < 1.29 is 14.7 Å². The second-order valence-corrected chi connectivity index (χ2v) is 10.1. The van der Waals surface area contributed by atoms with Gasteiger partial charge in [-0.25, -0.2) is 15.0 Å². The summed E-state index contributed by atoms with van der Waals surface area (Å²) in [7, 11) is 0. The minimum absolute atomic E-state index is 0.0721. The molecular weight excluding hydrogens is 510 g/mol. The van der Waals surface area contributed by atoms with Crippen LogP contribution in [0.5, 0.6) is 0 Å². The molecule has 0 unspecified atom stereocenters. The van der Waals surface area contributed by atoms with Crippen LogP contribution < -0.4 is 21.7 Å². The van der Waals surface area contributed by atoms with Crippen molar-refractivity contribution in [2.75, 3.05) is 62.2 Å². The number of nitrogens with two attached hydrogens (primary N) is 2. The van der Waals surface area contributed by atoms with E-state index in [9.17, 15) is 9.59 Å². The lowest BCUT2D eigenvalue weighted by molar-refractivity contribution is 0.0491. The number of aromatic nitrogens is 3. The molecule has 38 heavy (non-hydrogen) atoms. The maximum absolute atomic E-state index is 13.0. The predicted molar refractivity (Wildman–Crippen MR) is 146 cm³/mol. The smallest absolute Gasteiger partial charge is 0.273 e. The molecule has 2 saturated heterocycles. The highest BCUT2D eigenvalue weighted by atomic mass is 35.5. The summed E-state index contributed by atoms with van der Waals surface area (Å²) in [6.45, 7) is 7.66. The van der Waals surface area contributed by atoms with Gasteiger partial charge >= 0.3 is 0 Å². The summed E-state index contributed by atoms with van der Waals surface area (Å²) in [6.07, 6.45) is 2.73. The summed E-state index contributed by atoms with van der Waals surface area (Å²) in [5, 5.41) is 11.8. The summed E-state index contributed by atoms with van der Waals surface area (Å²) in [5.74, 6) is 0.362. The number of piperazine rings is 1. The number of aliphatic hydroxyl groups is 1. The van der Waals surface area contributed by atoms with Gasteiger partial charge in [-0.2, -0.15) is 0 Å². The van der Waals surface area contributed by atoms with E-state index in [2.05, 4.69) is 37.0 Å². The molecule has 13 heteroatoms. The number of likely N-dealkylation sites (tertiary alicyclic amines) is 1. The van der Waals surface area contributed by atoms with Crippen LogP contribution in [-0.2, 0) is 0 Å². The summed E-state index contributed by atoms with van der Waals surface area (Å²) in [5.41, 5.74) is 13.1. The van der Waals surface area contributed by atoms with Crippen molar-refractivity contribution in [3.05, 3.63) is 34.2 Å². The maximum atomic E-state index is 13.0. The molecule has 206 valence electrons. The molecule has 12 nitrogen and oxygen atoms in total. The lowest BCUT2D eigenvalue weighted by atomic mass is 9.97. The van der Waals surface area contributed by atoms with Crippen LogP contribution in [0.25, 0.3) is 0 Å². The van der Waals surface area contributed by atoms with Gasteiger partial charge in [-0.3, -0.25) is 14.5 Å². The Hall–Kier alpha value is -3.22. The zero-order chi connectivity index (χ0) is 27.4. The molecule has 0 saturated carbocycles. The number of nitrogens with zero attached hydrogens (tertiary/aromatic N) is 6. The number of halogens is 1. The molecule has 0 aliphatic carbocycles. The Balaban J connectivity index is 1.38. The number of nitrogens with one attached hydrogen (secondary N) is 1. The molecule has 2 aliphatic rings. The lowest BCUT2D eigenvalue weighted by Crippen LogP contribution is -2.59. The molecule has 2 aliphatic heterocycles. The molecule has 4 rings (SSSR count). The minimum Gasteiger partial charge on any atom is -0.395 e. The van der Waals surface area contributed by atoms with Crippen LogP contribution in [-0.4, -0.2) is 99.6 Å². The first-order valence-corrected chi connectivity index (χ1v) is 13.4. The van der Waals surface area contributed by atoms with E-state index >= 15 is 0 Å². The number of carbonyl (C=O) groups excluding carboxylic acids is 2. The van der Waals surface area contributed by atoms with Crippen molar-refractivity contribution in [3.8, 4) is 0 Å². The van der Waals surface area contributed by atoms with Crippen LogP contribution in [0.2, 0.25) is 5.15 Å². The van der Waals surface area contributed by atoms with Gasteiger partial charge in [0.25, 0.3) is 11.8 Å². The third-order valence-corrected chi connectivity index (χ3v) is 7.54. The quantitative estimate of drug-likeness (QED) is 0.367. The number of carbonyl (C=O) groups is 2. The number of hydrogen-bond donors (Lipinski definition) is 4. The van der Waals surface area contributed by atoms with E-state index in [1.54, 1.807) is 12.1 Å². The Morgan fingerprint density at radius 2 is 1.84 bits per heavy atom. The summed E-state index contributed by atoms with van der Waals surface area (Å²) in [4.78, 5) is 44.8. The molecule has 4 heterocycles. The van der Waals surface area contributed by atoms with Gasteiger partial charge in [-0.1, -0.05) is 18.5 Å². The molecular formula is C25H36ClN9O3. The Morgan fingerprint density at radius 1 is 1.11 bits per heavy atom. The van der Waals surface area contributed by atoms with Gasteiger partial charge in [0.1, 0.15) is 11.0 Å². The van der Waals surface area contributed by atoms with Gasteiger partial charge in [-0.15, -0.1) is 0 Å². The molecule has 1 atom stereocenters. The fourth-order valence-electron chi connectivity index (χ4n) is 5.35. The normalized spacial score (nSPS) is 19.0. The highest BCUT2D eigenvalue weighted by molar-refractivity contribution is 6.29. The number of amides is 2. The highest BCUT2D eigenvalue weighted by Crippen LogP contribution is 2.28. The van der Waals surface area contributed by atoms with Crippen molar-refractivity contribution in [2.24, 2.45) is 0 Å². The molecule has 0 spiro atoms. The van der Waals surface area contributed by atoms with Gasteiger partial charge in [0.15, 0.2) is 17.3 Å². The van der Waals surface area contributed by atoms with Crippen LogP contribution in [0, 0.1) is 6.92 Å². The Bertz CT molecular complexity index is 1170. The van der Waals surface area contributed by atoms with E-state index in [0.717, 1.165) is 38.9 Å². The average Bonchev–Trinajstić information content (AvgIpc) is 2.92. The number of piperidine rings is 1. The zero-order valence-electron chi connectivity index (χ0n) is 21.9. The van der Waals surface area contributed by atoms with E-state index in [0.29, 0.717) is 42.2 Å². The second kappa shape index (κ2) is 12.1. The number of rotatable bonds is 7. The van der Waals surface area contributed by atoms with Gasteiger partial charge in [0, 0.05) is 51.4 Å². The van der Waals surface area contributed by atoms with E-state index in [1.807, 2.05) is 11.8 Å². The van der Waals surface area contributed by atoms with Gasteiger partial charge < -0.3 is 31.7 Å². The van der Waals surface area contributed by atoms with Gasteiger partial charge in [0.2, 0.25) is 0 Å². The number of pyridine rings is 1. The standard InChI is InChI=1S/C25H36ClN9O3/c1-3-16-14-34(23-15(2)30-20(22(28)32-23)24(37)29-8-13-36)11-12-35(16)17-6-9-33(10-7-17)25(38)18-4-5-19(26)31-21(18)27/h4-5,16-17,36H,3,6-14H2,1-2H3,(H2,27,31)(H2,28,32)(H,29,37)/t16-/m0/s1. The molecule has 2 fully saturated rings. The van der Waals surface area contributed by atoms with E-state index in [1.165, 1.54) is 0 Å². The second-order valence-electron chi connectivity index (χ2n) is 9.68. The van der Waals surface area contributed by atoms with Crippen molar-refractivity contribution in [1.29, 1.82) is 0 Å². The van der Waals surface area contributed by atoms with E-state index in [-0.39, 0.29) is 41.5 Å². The van der Waals surface area contributed by atoms with Crippen LogP contribution >= 0.6 is 11.6 Å². The van der Waals surface area contributed by atoms with E-state index < -0.39 is 5.91 Å². The molecule has 2 aromatic heterocycles. The number of nitrogen functional groups attached to an aromatic ring is 2. The van der Waals surface area contributed by atoms with Crippen LogP contribution in [0.3, 0.4) is 0 Å². The minimum atomic E-state index is -0.449. The zero-order valence-corrected chi connectivity index (χ0v) is 22.6. The fraction of sp³-hybridized carbons (Fsp3) is 0.560. The predicted octanol–water partition coefficient (Wildman–Crippen LogP) is 0.925. The van der Waals surface area contributed by atoms with Crippen molar-refractivity contribution in [3.63, 3.8) is 0 Å². The first-order chi connectivity index (χ1) is 18.2.